The number of ether oxygens (including phenoxy) is 2. The molecule has 1 unspecified atom stereocenters. The molecule has 1 aliphatic rings. The fourth-order valence-electron chi connectivity index (χ4n) is 3.05. The number of amides is 1. The molecule has 0 radical (unpaired) electrons. The highest BCUT2D eigenvalue weighted by Crippen LogP contribution is 2.27. The van der Waals surface area contributed by atoms with Crippen LogP contribution in [0.15, 0.2) is 53.6 Å². The van der Waals surface area contributed by atoms with Gasteiger partial charge in [0.05, 0.1) is 19.4 Å². The molecule has 2 aromatic rings. The Morgan fingerprint density at radius 1 is 1.21 bits per heavy atom. The molecule has 2 aromatic carbocycles. The molecule has 1 heterocycles. The van der Waals surface area contributed by atoms with Crippen molar-refractivity contribution in [2.75, 3.05) is 24.0 Å². The lowest BCUT2D eigenvalue weighted by Gasteiger charge is -2.23. The Morgan fingerprint density at radius 3 is 2.61 bits per heavy atom. The number of aryl methyl sites for hydroxylation is 1. The van der Waals surface area contributed by atoms with E-state index >= 15 is 0 Å². The number of hydrazone groups is 1. The van der Waals surface area contributed by atoms with Crippen LogP contribution >= 0.6 is 0 Å². The number of nitrogens with zero attached hydrogens (tertiary/aromatic N) is 2. The van der Waals surface area contributed by atoms with Gasteiger partial charge in [-0.05, 0) is 49.7 Å². The molecule has 1 N–H and O–H groups in total. The van der Waals surface area contributed by atoms with E-state index in [2.05, 4.69) is 10.4 Å². The van der Waals surface area contributed by atoms with E-state index in [1.807, 2.05) is 43.3 Å². The van der Waals surface area contributed by atoms with Gasteiger partial charge in [-0.15, -0.1) is 0 Å². The van der Waals surface area contributed by atoms with Crippen molar-refractivity contribution in [2.45, 2.75) is 26.3 Å². The van der Waals surface area contributed by atoms with Crippen LogP contribution in [0, 0.1) is 6.92 Å². The monoisotopic (exact) mass is 381 g/mol. The largest absolute Gasteiger partial charge is 0.496 e. The van der Waals surface area contributed by atoms with Gasteiger partial charge in [0.1, 0.15) is 17.5 Å². The average molecular weight is 381 g/mol. The fraction of sp³-hybridized carbons (Fsp3) is 0.286. The third kappa shape index (κ3) is 4.14. The minimum Gasteiger partial charge on any atom is -0.496 e. The molecule has 0 saturated heterocycles. The number of nitrogens with one attached hydrogen (secondary N) is 1. The van der Waals surface area contributed by atoms with E-state index in [-0.39, 0.29) is 24.6 Å². The zero-order chi connectivity index (χ0) is 20.1. The number of hydrogen-bond donors (Lipinski definition) is 1. The molecule has 0 aromatic heterocycles. The molecule has 3 rings (SSSR count). The summed E-state index contributed by atoms with van der Waals surface area (Å²) in [6, 6.07) is 14.0. The van der Waals surface area contributed by atoms with Gasteiger partial charge < -0.3 is 14.8 Å². The zero-order valence-electron chi connectivity index (χ0n) is 16.1. The Bertz CT molecular complexity index is 896. The van der Waals surface area contributed by atoms with Crippen molar-refractivity contribution in [1.29, 1.82) is 0 Å². The number of esters is 1. The number of carbonyl (C=O) groups excluding carboxylic acids is 2. The predicted molar refractivity (Wildman–Crippen MR) is 108 cm³/mol. The van der Waals surface area contributed by atoms with E-state index in [9.17, 15) is 9.59 Å². The first-order valence-corrected chi connectivity index (χ1v) is 9.08. The molecular formula is C21H23N3O4. The number of para-hydroxylation sites is 1. The maximum Gasteiger partial charge on any atom is 0.354 e. The lowest BCUT2D eigenvalue weighted by molar-refractivity contribution is -0.135. The lowest BCUT2D eigenvalue weighted by Crippen LogP contribution is -2.38. The van der Waals surface area contributed by atoms with Crippen molar-refractivity contribution in [3.63, 3.8) is 0 Å². The SMILES string of the molecule is CCOC(=O)C1=NN(c2ccccc2)C(C(=O)Nc2ccc(OC)c(C)c2)C1. The van der Waals surface area contributed by atoms with Gasteiger partial charge in [0.2, 0.25) is 5.91 Å². The molecule has 1 atom stereocenters. The normalized spacial score (nSPS) is 15.8. The molecule has 146 valence electrons. The van der Waals surface area contributed by atoms with Crippen LogP contribution in [0.5, 0.6) is 5.75 Å². The topological polar surface area (TPSA) is 80.2 Å². The summed E-state index contributed by atoms with van der Waals surface area (Å²) in [5, 5.41) is 8.83. The van der Waals surface area contributed by atoms with Crippen LogP contribution in [0.4, 0.5) is 11.4 Å². The number of hydrogen-bond acceptors (Lipinski definition) is 6. The van der Waals surface area contributed by atoms with Gasteiger partial charge in [0.25, 0.3) is 0 Å². The second kappa shape index (κ2) is 8.56. The number of rotatable bonds is 6. The first-order valence-electron chi connectivity index (χ1n) is 9.08. The van der Waals surface area contributed by atoms with E-state index in [0.29, 0.717) is 5.69 Å². The maximum atomic E-state index is 13.0. The smallest absolute Gasteiger partial charge is 0.354 e. The molecule has 0 saturated carbocycles. The van der Waals surface area contributed by atoms with Crippen LogP contribution in [0.2, 0.25) is 0 Å². The van der Waals surface area contributed by atoms with E-state index < -0.39 is 12.0 Å². The second-order valence-corrected chi connectivity index (χ2v) is 6.34. The van der Waals surface area contributed by atoms with Crippen molar-refractivity contribution in [2.24, 2.45) is 5.10 Å². The number of methoxy groups -OCH3 is 1. The number of benzene rings is 2. The van der Waals surface area contributed by atoms with Gasteiger partial charge in [-0.2, -0.15) is 5.10 Å². The van der Waals surface area contributed by atoms with Crippen LogP contribution in [-0.2, 0) is 14.3 Å². The Morgan fingerprint density at radius 2 is 1.96 bits per heavy atom. The van der Waals surface area contributed by atoms with Crippen molar-refractivity contribution < 1.29 is 19.1 Å². The quantitative estimate of drug-likeness (QED) is 0.778. The maximum absolute atomic E-state index is 13.0. The average Bonchev–Trinajstić information content (AvgIpc) is 3.15. The Kier molecular flexibility index (Phi) is 5.93. The van der Waals surface area contributed by atoms with Crippen molar-refractivity contribution in [3.05, 3.63) is 54.1 Å². The summed E-state index contributed by atoms with van der Waals surface area (Å²) in [5.74, 6) is -0.00630. The van der Waals surface area contributed by atoms with E-state index in [4.69, 9.17) is 9.47 Å². The molecule has 7 nitrogen and oxygen atoms in total. The van der Waals surface area contributed by atoms with Gasteiger partial charge in [0, 0.05) is 12.1 Å². The van der Waals surface area contributed by atoms with Crippen LogP contribution in [0.1, 0.15) is 18.9 Å². The van der Waals surface area contributed by atoms with Crippen LogP contribution in [0.25, 0.3) is 0 Å². The molecule has 7 heteroatoms. The minimum atomic E-state index is -0.649. The Balaban J connectivity index is 1.83. The third-order valence-electron chi connectivity index (χ3n) is 4.41. The van der Waals surface area contributed by atoms with Gasteiger partial charge >= 0.3 is 5.97 Å². The number of carbonyl (C=O) groups is 2. The van der Waals surface area contributed by atoms with Crippen molar-refractivity contribution >= 4 is 29.0 Å². The Labute approximate surface area is 163 Å². The molecule has 1 amide bonds. The summed E-state index contributed by atoms with van der Waals surface area (Å²) in [4.78, 5) is 25.1. The lowest BCUT2D eigenvalue weighted by atomic mass is 10.1. The van der Waals surface area contributed by atoms with Gasteiger partial charge in [-0.1, -0.05) is 18.2 Å². The van der Waals surface area contributed by atoms with Gasteiger partial charge in [0.15, 0.2) is 0 Å². The van der Waals surface area contributed by atoms with Gasteiger partial charge in [-0.3, -0.25) is 9.80 Å². The second-order valence-electron chi connectivity index (χ2n) is 6.34. The first kappa shape index (κ1) is 19.4. The standard InChI is InChI=1S/C21H23N3O4/c1-4-28-21(26)17-13-18(24(23-17)16-8-6-5-7-9-16)20(25)22-15-10-11-19(27-3)14(2)12-15/h5-12,18H,4,13H2,1-3H3,(H,22,25). The highest BCUT2D eigenvalue weighted by molar-refractivity contribution is 6.38. The van der Waals surface area contributed by atoms with Crippen molar-refractivity contribution in [3.8, 4) is 5.75 Å². The molecule has 0 spiro atoms. The van der Waals surface area contributed by atoms with Gasteiger partial charge in [-0.25, -0.2) is 4.79 Å². The van der Waals surface area contributed by atoms with Crippen LogP contribution in [-0.4, -0.2) is 37.3 Å². The van der Waals surface area contributed by atoms with Crippen LogP contribution in [0.3, 0.4) is 0 Å². The summed E-state index contributed by atoms with van der Waals surface area (Å²) < 4.78 is 10.3. The van der Waals surface area contributed by atoms with Crippen LogP contribution < -0.4 is 15.1 Å². The minimum absolute atomic E-state index is 0.175. The van der Waals surface area contributed by atoms with E-state index in [0.717, 1.165) is 17.0 Å². The number of anilines is 2. The molecule has 1 aliphatic heterocycles. The first-order chi connectivity index (χ1) is 13.5. The highest BCUT2D eigenvalue weighted by atomic mass is 16.5. The third-order valence-corrected chi connectivity index (χ3v) is 4.41. The summed E-state index contributed by atoms with van der Waals surface area (Å²) in [7, 11) is 1.60. The predicted octanol–water partition coefficient (Wildman–Crippen LogP) is 3.14. The highest BCUT2D eigenvalue weighted by Gasteiger charge is 2.36. The molecule has 0 aliphatic carbocycles. The summed E-state index contributed by atoms with van der Waals surface area (Å²) >= 11 is 0. The Hall–Kier alpha value is -3.35. The summed E-state index contributed by atoms with van der Waals surface area (Å²) in [5.41, 5.74) is 2.53. The summed E-state index contributed by atoms with van der Waals surface area (Å²) in [6.45, 7) is 3.89. The van der Waals surface area contributed by atoms with E-state index in [1.165, 1.54) is 0 Å². The van der Waals surface area contributed by atoms with E-state index in [1.54, 1.807) is 31.2 Å². The fourth-order valence-corrected chi connectivity index (χ4v) is 3.05. The molecule has 0 bridgehead atoms. The molecule has 28 heavy (non-hydrogen) atoms. The molecular weight excluding hydrogens is 358 g/mol. The summed E-state index contributed by atoms with van der Waals surface area (Å²) in [6.07, 6.45) is 0.175. The zero-order valence-corrected chi connectivity index (χ0v) is 16.1. The molecule has 0 fully saturated rings. The van der Waals surface area contributed by atoms with Crippen molar-refractivity contribution in [1.82, 2.24) is 0 Å².